The molecule has 2 aliphatic rings. The van der Waals surface area contributed by atoms with Gasteiger partial charge in [0.05, 0.1) is 0 Å². The zero-order valence-electron chi connectivity index (χ0n) is 7.76. The van der Waals surface area contributed by atoms with E-state index in [4.69, 9.17) is 0 Å². The summed E-state index contributed by atoms with van der Waals surface area (Å²) in [5.41, 5.74) is 0. The third-order valence-electron chi connectivity index (χ3n) is 3.47. The molecule has 68 valence electrons. The highest BCUT2D eigenvalue weighted by atomic mass is 15.0. The maximum atomic E-state index is 3.84. The standard InChI is InChI=1S/C11H19N/c1-2-10-7-8-11(12-10)9-5-3-4-6-9/h2,9-12H,1,3-8H2/t10-,11-/m0/s1. The van der Waals surface area contributed by atoms with Gasteiger partial charge < -0.3 is 5.32 Å². The van der Waals surface area contributed by atoms with Gasteiger partial charge in [-0.15, -0.1) is 6.58 Å². The molecule has 1 saturated heterocycles. The van der Waals surface area contributed by atoms with Crippen molar-refractivity contribution in [3.63, 3.8) is 0 Å². The maximum absolute atomic E-state index is 3.84. The van der Waals surface area contributed by atoms with Crippen LogP contribution in [0.15, 0.2) is 12.7 Å². The quantitative estimate of drug-likeness (QED) is 0.620. The Hall–Kier alpha value is -0.300. The lowest BCUT2D eigenvalue weighted by atomic mass is 9.97. The first-order valence-corrected chi connectivity index (χ1v) is 5.29. The normalized spacial score (nSPS) is 37.3. The van der Waals surface area contributed by atoms with E-state index < -0.39 is 0 Å². The van der Waals surface area contributed by atoms with E-state index in [1.165, 1.54) is 38.5 Å². The summed E-state index contributed by atoms with van der Waals surface area (Å²) in [6, 6.07) is 1.42. The minimum Gasteiger partial charge on any atom is -0.308 e. The van der Waals surface area contributed by atoms with Crippen LogP contribution in [0.5, 0.6) is 0 Å². The summed E-state index contributed by atoms with van der Waals surface area (Å²) in [7, 11) is 0. The van der Waals surface area contributed by atoms with Gasteiger partial charge in [0.15, 0.2) is 0 Å². The Balaban J connectivity index is 1.85. The van der Waals surface area contributed by atoms with E-state index in [2.05, 4.69) is 18.0 Å². The first-order valence-electron chi connectivity index (χ1n) is 5.29. The molecule has 0 radical (unpaired) electrons. The maximum Gasteiger partial charge on any atom is 0.0250 e. The number of rotatable bonds is 2. The summed E-state index contributed by atoms with van der Waals surface area (Å²) < 4.78 is 0. The molecule has 0 spiro atoms. The molecule has 0 aromatic carbocycles. The molecule has 1 aliphatic heterocycles. The van der Waals surface area contributed by atoms with Crippen LogP contribution < -0.4 is 5.32 Å². The fourth-order valence-electron chi connectivity index (χ4n) is 2.72. The number of nitrogens with one attached hydrogen (secondary N) is 1. The van der Waals surface area contributed by atoms with Crippen LogP contribution in [0.4, 0.5) is 0 Å². The van der Waals surface area contributed by atoms with E-state index in [0.29, 0.717) is 6.04 Å². The second-order valence-corrected chi connectivity index (χ2v) is 4.24. The lowest BCUT2D eigenvalue weighted by Gasteiger charge is -2.18. The number of hydrogen-bond donors (Lipinski definition) is 1. The van der Waals surface area contributed by atoms with Gasteiger partial charge in [-0.1, -0.05) is 18.9 Å². The zero-order valence-corrected chi connectivity index (χ0v) is 7.76. The molecule has 1 nitrogen and oxygen atoms in total. The van der Waals surface area contributed by atoms with Crippen LogP contribution in [0, 0.1) is 5.92 Å². The van der Waals surface area contributed by atoms with Crippen molar-refractivity contribution in [2.24, 2.45) is 5.92 Å². The second kappa shape index (κ2) is 3.61. The van der Waals surface area contributed by atoms with Gasteiger partial charge >= 0.3 is 0 Å². The van der Waals surface area contributed by atoms with Crippen molar-refractivity contribution in [2.75, 3.05) is 0 Å². The minimum atomic E-state index is 0.607. The highest BCUT2D eigenvalue weighted by molar-refractivity contribution is 4.97. The highest BCUT2D eigenvalue weighted by Gasteiger charge is 2.30. The average Bonchev–Trinajstić information content (AvgIpc) is 2.75. The molecule has 1 heteroatoms. The molecule has 0 aromatic rings. The van der Waals surface area contributed by atoms with E-state index in [1.54, 1.807) is 0 Å². The largest absolute Gasteiger partial charge is 0.308 e. The molecule has 1 N–H and O–H groups in total. The topological polar surface area (TPSA) is 12.0 Å². The molecule has 1 aliphatic carbocycles. The second-order valence-electron chi connectivity index (χ2n) is 4.24. The van der Waals surface area contributed by atoms with Gasteiger partial charge in [-0.2, -0.15) is 0 Å². The fourth-order valence-corrected chi connectivity index (χ4v) is 2.72. The summed E-state index contributed by atoms with van der Waals surface area (Å²) >= 11 is 0. The third kappa shape index (κ3) is 1.56. The van der Waals surface area contributed by atoms with Gasteiger partial charge in [-0.25, -0.2) is 0 Å². The van der Waals surface area contributed by atoms with Crippen LogP contribution in [0.2, 0.25) is 0 Å². The molecular weight excluding hydrogens is 146 g/mol. The van der Waals surface area contributed by atoms with Crippen LogP contribution in [-0.4, -0.2) is 12.1 Å². The van der Waals surface area contributed by atoms with E-state index in [0.717, 1.165) is 12.0 Å². The number of hydrogen-bond acceptors (Lipinski definition) is 1. The summed E-state index contributed by atoms with van der Waals surface area (Å²) in [6.07, 6.45) is 10.6. The van der Waals surface area contributed by atoms with Crippen molar-refractivity contribution in [1.29, 1.82) is 0 Å². The van der Waals surface area contributed by atoms with Gasteiger partial charge in [-0.05, 0) is 31.6 Å². The van der Waals surface area contributed by atoms with E-state index in [-0.39, 0.29) is 0 Å². The lowest BCUT2D eigenvalue weighted by Crippen LogP contribution is -2.32. The summed E-state index contributed by atoms with van der Waals surface area (Å²) in [4.78, 5) is 0. The molecule has 2 rings (SSSR count). The highest BCUT2D eigenvalue weighted by Crippen LogP contribution is 2.32. The third-order valence-corrected chi connectivity index (χ3v) is 3.47. The van der Waals surface area contributed by atoms with E-state index >= 15 is 0 Å². The summed E-state index contributed by atoms with van der Waals surface area (Å²) in [5, 5.41) is 3.66. The Morgan fingerprint density at radius 2 is 1.83 bits per heavy atom. The molecule has 1 saturated carbocycles. The monoisotopic (exact) mass is 165 g/mol. The van der Waals surface area contributed by atoms with Gasteiger partial charge in [0, 0.05) is 12.1 Å². The molecule has 12 heavy (non-hydrogen) atoms. The zero-order chi connectivity index (χ0) is 8.39. The van der Waals surface area contributed by atoms with E-state index in [1.807, 2.05) is 0 Å². The first-order chi connectivity index (χ1) is 5.90. The van der Waals surface area contributed by atoms with Gasteiger partial charge in [-0.3, -0.25) is 0 Å². The van der Waals surface area contributed by atoms with Crippen molar-refractivity contribution in [1.82, 2.24) is 5.32 Å². The smallest absolute Gasteiger partial charge is 0.0250 e. The molecule has 0 bridgehead atoms. The Morgan fingerprint density at radius 3 is 2.42 bits per heavy atom. The molecule has 0 aromatic heterocycles. The van der Waals surface area contributed by atoms with Crippen molar-refractivity contribution in [2.45, 2.75) is 50.6 Å². The fraction of sp³-hybridized carbons (Fsp3) is 0.818. The van der Waals surface area contributed by atoms with Gasteiger partial charge in [0.1, 0.15) is 0 Å². The summed E-state index contributed by atoms with van der Waals surface area (Å²) in [6.45, 7) is 3.84. The molecule has 2 atom stereocenters. The van der Waals surface area contributed by atoms with Crippen LogP contribution >= 0.6 is 0 Å². The van der Waals surface area contributed by atoms with Crippen LogP contribution in [0.3, 0.4) is 0 Å². The van der Waals surface area contributed by atoms with Crippen molar-refractivity contribution in [3.8, 4) is 0 Å². The van der Waals surface area contributed by atoms with Crippen molar-refractivity contribution in [3.05, 3.63) is 12.7 Å². The van der Waals surface area contributed by atoms with E-state index in [9.17, 15) is 0 Å². The predicted octanol–water partition coefficient (Wildman–Crippen LogP) is 2.48. The molecule has 2 fully saturated rings. The van der Waals surface area contributed by atoms with Gasteiger partial charge in [0.25, 0.3) is 0 Å². The van der Waals surface area contributed by atoms with Crippen molar-refractivity contribution >= 4 is 0 Å². The Morgan fingerprint density at radius 1 is 1.08 bits per heavy atom. The average molecular weight is 165 g/mol. The van der Waals surface area contributed by atoms with Gasteiger partial charge in [0.2, 0.25) is 0 Å². The first kappa shape index (κ1) is 8.31. The molecular formula is C11H19N. The van der Waals surface area contributed by atoms with Crippen molar-refractivity contribution < 1.29 is 0 Å². The Bertz CT molecular complexity index is 158. The molecule has 0 amide bonds. The SMILES string of the molecule is C=C[C@H]1CC[C@@H](C2CCCC2)N1. The lowest BCUT2D eigenvalue weighted by molar-refractivity contribution is 0.392. The van der Waals surface area contributed by atoms with Crippen LogP contribution in [-0.2, 0) is 0 Å². The molecule has 1 heterocycles. The Labute approximate surface area is 75.2 Å². The molecule has 0 unspecified atom stereocenters. The predicted molar refractivity (Wildman–Crippen MR) is 52.1 cm³/mol. The summed E-state index contributed by atoms with van der Waals surface area (Å²) in [5.74, 6) is 0.981. The van der Waals surface area contributed by atoms with Crippen LogP contribution in [0.1, 0.15) is 38.5 Å². The Kier molecular flexibility index (Phi) is 2.50. The minimum absolute atomic E-state index is 0.607. The van der Waals surface area contributed by atoms with Crippen LogP contribution in [0.25, 0.3) is 0 Å².